The van der Waals surface area contributed by atoms with E-state index in [2.05, 4.69) is 38.0 Å². The molecule has 2 aromatic rings. The molecule has 0 radical (unpaired) electrons. The number of aryl methyl sites for hydroxylation is 1. The van der Waals surface area contributed by atoms with Crippen LogP contribution >= 0.6 is 11.3 Å². The minimum atomic E-state index is 0.0573. The summed E-state index contributed by atoms with van der Waals surface area (Å²) >= 11 is 1.76. The van der Waals surface area contributed by atoms with Crippen LogP contribution in [0.15, 0.2) is 18.2 Å². The van der Waals surface area contributed by atoms with Gasteiger partial charge >= 0.3 is 0 Å². The van der Waals surface area contributed by atoms with Gasteiger partial charge in [0.05, 0.1) is 11.4 Å². The third-order valence-electron chi connectivity index (χ3n) is 3.23. The van der Waals surface area contributed by atoms with Gasteiger partial charge in [0.1, 0.15) is 5.01 Å². The minimum Gasteiger partial charge on any atom is -0.312 e. The first kappa shape index (κ1) is 16.1. The molecule has 0 saturated heterocycles. The molecule has 4 heteroatoms. The number of aromatic nitrogens is 2. The van der Waals surface area contributed by atoms with E-state index in [9.17, 15) is 0 Å². The van der Waals surface area contributed by atoms with Crippen molar-refractivity contribution in [1.29, 1.82) is 0 Å². The lowest BCUT2D eigenvalue weighted by Crippen LogP contribution is -2.19. The van der Waals surface area contributed by atoms with Crippen LogP contribution in [0.3, 0.4) is 0 Å². The molecule has 0 saturated carbocycles. The fourth-order valence-electron chi connectivity index (χ4n) is 2.21. The highest BCUT2D eigenvalue weighted by Crippen LogP contribution is 2.33. The van der Waals surface area contributed by atoms with E-state index in [1.54, 1.807) is 11.3 Å². The van der Waals surface area contributed by atoms with Crippen molar-refractivity contribution in [1.82, 2.24) is 15.3 Å². The normalized spacial score (nSPS) is 11.9. The Kier molecular flexibility index (Phi) is 5.12. The molecule has 0 aliphatic rings. The van der Waals surface area contributed by atoms with Gasteiger partial charge in [-0.05, 0) is 32.0 Å². The molecule has 0 fully saturated rings. The van der Waals surface area contributed by atoms with E-state index < -0.39 is 0 Å². The van der Waals surface area contributed by atoms with Gasteiger partial charge in [0, 0.05) is 22.5 Å². The lowest BCUT2D eigenvalue weighted by molar-refractivity contribution is 0.559. The molecule has 0 spiro atoms. The van der Waals surface area contributed by atoms with Crippen LogP contribution in [0.4, 0.5) is 0 Å². The van der Waals surface area contributed by atoms with Crippen molar-refractivity contribution < 1.29 is 0 Å². The third kappa shape index (κ3) is 4.11. The van der Waals surface area contributed by atoms with Crippen molar-refractivity contribution in [3.05, 3.63) is 34.5 Å². The van der Waals surface area contributed by atoms with E-state index in [1.165, 1.54) is 10.6 Å². The summed E-state index contributed by atoms with van der Waals surface area (Å²) in [5, 5.41) is 4.51. The molecule has 0 aliphatic heterocycles. The highest BCUT2D eigenvalue weighted by atomic mass is 32.1. The fraction of sp³-hybridized carbons (Fsp3) is 0.529. The molecule has 0 unspecified atom stereocenters. The Morgan fingerprint density at radius 2 is 1.95 bits per heavy atom. The molecule has 2 rings (SSSR count). The van der Waals surface area contributed by atoms with Gasteiger partial charge in [-0.3, -0.25) is 4.98 Å². The molecule has 0 aliphatic carbocycles. The van der Waals surface area contributed by atoms with E-state index in [0.29, 0.717) is 0 Å². The van der Waals surface area contributed by atoms with Gasteiger partial charge in [0.15, 0.2) is 0 Å². The highest BCUT2D eigenvalue weighted by Gasteiger charge is 2.23. The third-order valence-corrected chi connectivity index (χ3v) is 4.31. The minimum absolute atomic E-state index is 0.0573. The van der Waals surface area contributed by atoms with Crippen LogP contribution in [0.2, 0.25) is 0 Å². The number of hydrogen-bond acceptors (Lipinski definition) is 4. The van der Waals surface area contributed by atoms with Crippen LogP contribution in [0.5, 0.6) is 0 Å². The van der Waals surface area contributed by atoms with Crippen LogP contribution in [0.1, 0.15) is 50.4 Å². The van der Waals surface area contributed by atoms with Crippen molar-refractivity contribution in [2.24, 2.45) is 0 Å². The lowest BCUT2D eigenvalue weighted by Gasteiger charge is -2.17. The molecular weight excluding hydrogens is 278 g/mol. The summed E-state index contributed by atoms with van der Waals surface area (Å²) < 4.78 is 0. The first-order valence-electron chi connectivity index (χ1n) is 7.56. The second-order valence-corrected chi connectivity index (χ2v) is 7.47. The Bertz CT molecular complexity index is 596. The predicted octanol–water partition coefficient (Wildman–Crippen LogP) is 4.31. The number of rotatable bonds is 5. The number of hydrogen-bond donors (Lipinski definition) is 1. The standard InChI is InChI=1S/C17H25N3S/c1-6-10-18-11-14-15(17(3,4)5)20-16(21-14)13-9-7-8-12(2)19-13/h7-9,18H,6,10-11H2,1-5H3. The summed E-state index contributed by atoms with van der Waals surface area (Å²) in [4.78, 5) is 10.8. The smallest absolute Gasteiger partial charge is 0.142 e. The van der Waals surface area contributed by atoms with Crippen LogP contribution in [0, 0.1) is 6.92 Å². The van der Waals surface area contributed by atoms with Crippen molar-refractivity contribution >= 4 is 11.3 Å². The van der Waals surface area contributed by atoms with E-state index in [4.69, 9.17) is 4.98 Å². The average molecular weight is 303 g/mol. The van der Waals surface area contributed by atoms with Gasteiger partial charge in [0.2, 0.25) is 0 Å². The van der Waals surface area contributed by atoms with Gasteiger partial charge in [-0.2, -0.15) is 0 Å². The SMILES string of the molecule is CCCNCc1sc(-c2cccc(C)n2)nc1C(C)(C)C. The van der Waals surface area contributed by atoms with Crippen molar-refractivity contribution in [3.63, 3.8) is 0 Å². The van der Waals surface area contributed by atoms with Crippen LogP contribution < -0.4 is 5.32 Å². The summed E-state index contributed by atoms with van der Waals surface area (Å²) in [7, 11) is 0. The number of pyridine rings is 1. The maximum absolute atomic E-state index is 4.89. The second-order valence-electron chi connectivity index (χ2n) is 6.38. The molecule has 0 bridgehead atoms. The molecule has 1 N–H and O–H groups in total. The zero-order valence-corrected chi connectivity index (χ0v) is 14.5. The van der Waals surface area contributed by atoms with E-state index >= 15 is 0 Å². The Balaban J connectivity index is 2.36. The number of nitrogens with zero attached hydrogens (tertiary/aromatic N) is 2. The van der Waals surface area contributed by atoms with E-state index in [1.807, 2.05) is 25.1 Å². The van der Waals surface area contributed by atoms with Gasteiger partial charge in [-0.15, -0.1) is 11.3 Å². The monoisotopic (exact) mass is 303 g/mol. The largest absolute Gasteiger partial charge is 0.312 e. The molecule has 0 aromatic carbocycles. The van der Waals surface area contributed by atoms with Gasteiger partial charge in [0.25, 0.3) is 0 Å². The summed E-state index contributed by atoms with van der Waals surface area (Å²) in [6.45, 7) is 12.8. The average Bonchev–Trinajstić information content (AvgIpc) is 2.83. The fourth-order valence-corrected chi connectivity index (χ4v) is 3.42. The molecule has 0 amide bonds. The molecule has 2 aromatic heterocycles. The quantitative estimate of drug-likeness (QED) is 0.836. The molecular formula is C17H25N3S. The Hall–Kier alpha value is -1.26. The summed E-state index contributed by atoms with van der Waals surface area (Å²) in [5.74, 6) is 0. The molecule has 0 atom stereocenters. The Labute approximate surface area is 131 Å². The van der Waals surface area contributed by atoms with E-state index in [-0.39, 0.29) is 5.41 Å². The molecule has 2 heterocycles. The first-order chi connectivity index (χ1) is 9.91. The first-order valence-corrected chi connectivity index (χ1v) is 8.38. The number of nitrogens with one attached hydrogen (secondary N) is 1. The van der Waals surface area contributed by atoms with Crippen molar-refractivity contribution in [2.75, 3.05) is 6.54 Å². The lowest BCUT2D eigenvalue weighted by atomic mass is 9.91. The summed E-state index contributed by atoms with van der Waals surface area (Å²) in [6.07, 6.45) is 1.15. The zero-order valence-electron chi connectivity index (χ0n) is 13.7. The Morgan fingerprint density at radius 3 is 2.57 bits per heavy atom. The summed E-state index contributed by atoms with van der Waals surface area (Å²) in [6, 6.07) is 6.11. The van der Waals surface area contributed by atoms with Gasteiger partial charge in [-0.25, -0.2) is 4.98 Å². The van der Waals surface area contributed by atoms with Crippen LogP contribution in [0.25, 0.3) is 10.7 Å². The van der Waals surface area contributed by atoms with Crippen LogP contribution in [-0.4, -0.2) is 16.5 Å². The molecule has 21 heavy (non-hydrogen) atoms. The molecule has 114 valence electrons. The predicted molar refractivity (Wildman–Crippen MR) is 90.8 cm³/mol. The van der Waals surface area contributed by atoms with Gasteiger partial charge < -0.3 is 5.32 Å². The molecule has 3 nitrogen and oxygen atoms in total. The van der Waals surface area contributed by atoms with E-state index in [0.717, 1.165) is 35.9 Å². The highest BCUT2D eigenvalue weighted by molar-refractivity contribution is 7.15. The van der Waals surface area contributed by atoms with Crippen LogP contribution in [-0.2, 0) is 12.0 Å². The van der Waals surface area contributed by atoms with Crippen molar-refractivity contribution in [3.8, 4) is 10.7 Å². The van der Waals surface area contributed by atoms with Crippen molar-refractivity contribution in [2.45, 2.75) is 53.0 Å². The second kappa shape index (κ2) is 6.67. The number of thiazole rings is 1. The zero-order chi connectivity index (χ0) is 15.5. The topological polar surface area (TPSA) is 37.8 Å². The van der Waals surface area contributed by atoms with Gasteiger partial charge in [-0.1, -0.05) is 33.8 Å². The summed E-state index contributed by atoms with van der Waals surface area (Å²) in [5.41, 5.74) is 3.26. The Morgan fingerprint density at radius 1 is 1.19 bits per heavy atom. The maximum atomic E-state index is 4.89. The maximum Gasteiger partial charge on any atom is 0.142 e.